The molecule has 1 fully saturated rings. The zero-order chi connectivity index (χ0) is 24.9. The molecule has 2 bridgehead atoms. The standard InChI is InChI=1S/C27H21BrN2O5S/c28-19-2-1-3-22(14-19)35-36(32,33)24-15-23-25(17-6-10-21(31)11-7-17)26(27(24)34-23)18-4-8-20(9-5-18)30-13-12-29-16-30/h1-14,16,23-24,27,31H,15H2. The van der Waals surface area contributed by atoms with Crippen LogP contribution in [0.2, 0.25) is 0 Å². The summed E-state index contributed by atoms with van der Waals surface area (Å²) in [6.45, 7) is 0. The Hall–Kier alpha value is -3.40. The molecule has 3 unspecified atom stereocenters. The number of hydrogen-bond donors (Lipinski definition) is 1. The normalized spacial score (nSPS) is 21.2. The number of halogens is 1. The molecular formula is C27H21BrN2O5S. The summed E-state index contributed by atoms with van der Waals surface area (Å²) < 4.78 is 41.2. The number of hydrogen-bond acceptors (Lipinski definition) is 6. The second kappa shape index (κ2) is 8.92. The molecule has 1 aromatic heterocycles. The number of aromatic nitrogens is 2. The zero-order valence-corrected chi connectivity index (χ0v) is 21.3. The third-order valence-corrected chi connectivity index (χ3v) is 8.63. The Morgan fingerprint density at radius 2 is 1.72 bits per heavy atom. The van der Waals surface area contributed by atoms with Gasteiger partial charge in [-0.25, -0.2) is 4.98 Å². The van der Waals surface area contributed by atoms with Crippen LogP contribution in [0.4, 0.5) is 0 Å². The van der Waals surface area contributed by atoms with Crippen LogP contribution >= 0.6 is 15.9 Å². The summed E-state index contributed by atoms with van der Waals surface area (Å²) in [6, 6.07) is 21.5. The Labute approximate surface area is 216 Å². The maximum atomic E-state index is 13.4. The van der Waals surface area contributed by atoms with Gasteiger partial charge in [0.1, 0.15) is 22.9 Å². The number of phenols is 1. The molecule has 0 amide bonds. The number of rotatable bonds is 6. The van der Waals surface area contributed by atoms with Gasteiger partial charge in [0, 0.05) is 29.0 Å². The summed E-state index contributed by atoms with van der Waals surface area (Å²) in [6.07, 6.45) is 4.48. The Morgan fingerprint density at radius 1 is 1.00 bits per heavy atom. The molecule has 6 rings (SSSR count). The van der Waals surface area contributed by atoms with E-state index in [0.717, 1.165) is 32.4 Å². The Morgan fingerprint density at radius 3 is 2.42 bits per heavy atom. The minimum atomic E-state index is -3.99. The van der Waals surface area contributed by atoms with Crippen molar-refractivity contribution in [1.82, 2.24) is 9.55 Å². The van der Waals surface area contributed by atoms with Crippen LogP contribution in [-0.4, -0.2) is 40.5 Å². The number of benzene rings is 3. The summed E-state index contributed by atoms with van der Waals surface area (Å²) in [5.74, 6) is 0.415. The van der Waals surface area contributed by atoms with Gasteiger partial charge in [-0.15, -0.1) is 0 Å². The van der Waals surface area contributed by atoms with Crippen molar-refractivity contribution in [2.45, 2.75) is 23.9 Å². The van der Waals surface area contributed by atoms with E-state index in [4.69, 9.17) is 8.92 Å². The van der Waals surface area contributed by atoms with Crippen molar-refractivity contribution in [3.63, 3.8) is 0 Å². The summed E-state index contributed by atoms with van der Waals surface area (Å²) >= 11 is 3.35. The van der Waals surface area contributed by atoms with Crippen LogP contribution < -0.4 is 4.18 Å². The number of nitrogens with zero attached hydrogens (tertiary/aromatic N) is 2. The quantitative estimate of drug-likeness (QED) is 0.324. The van der Waals surface area contributed by atoms with E-state index in [9.17, 15) is 13.5 Å². The van der Waals surface area contributed by atoms with Crippen molar-refractivity contribution in [3.05, 3.63) is 107 Å². The summed E-state index contributed by atoms with van der Waals surface area (Å²) in [5, 5.41) is 8.93. The molecule has 2 aliphatic rings. The molecule has 0 aliphatic carbocycles. The Kier molecular flexibility index (Phi) is 5.70. The lowest BCUT2D eigenvalue weighted by Crippen LogP contribution is -2.35. The van der Waals surface area contributed by atoms with E-state index in [1.165, 1.54) is 0 Å². The van der Waals surface area contributed by atoms with Crippen LogP contribution in [0.15, 0.2) is 96.0 Å². The minimum Gasteiger partial charge on any atom is -0.508 e. The van der Waals surface area contributed by atoms with Crippen molar-refractivity contribution in [3.8, 4) is 17.2 Å². The van der Waals surface area contributed by atoms with Gasteiger partial charge in [-0.3, -0.25) is 0 Å². The van der Waals surface area contributed by atoms with Crippen LogP contribution in [0.1, 0.15) is 17.5 Å². The number of imidazole rings is 1. The van der Waals surface area contributed by atoms with Crippen molar-refractivity contribution >= 4 is 37.2 Å². The van der Waals surface area contributed by atoms with Gasteiger partial charge in [-0.2, -0.15) is 8.42 Å². The van der Waals surface area contributed by atoms with Gasteiger partial charge in [0.25, 0.3) is 0 Å². The third kappa shape index (κ3) is 4.13. The largest absolute Gasteiger partial charge is 0.508 e. The molecule has 0 saturated carbocycles. The van der Waals surface area contributed by atoms with Crippen LogP contribution in [0, 0.1) is 0 Å². The first-order chi connectivity index (χ1) is 17.4. The fourth-order valence-electron chi connectivity index (χ4n) is 4.93. The second-order valence-corrected chi connectivity index (χ2v) is 11.4. The van der Waals surface area contributed by atoms with Crippen LogP contribution in [0.3, 0.4) is 0 Å². The van der Waals surface area contributed by atoms with Gasteiger partial charge in [-0.1, -0.05) is 46.3 Å². The van der Waals surface area contributed by atoms with Crippen LogP contribution in [0.5, 0.6) is 11.5 Å². The van der Waals surface area contributed by atoms with E-state index in [1.807, 2.05) is 47.2 Å². The number of fused-ring (bicyclic) bond motifs is 2. The first kappa shape index (κ1) is 23.0. The van der Waals surface area contributed by atoms with Crippen molar-refractivity contribution < 1.29 is 22.4 Å². The third-order valence-electron chi connectivity index (χ3n) is 6.53. The highest BCUT2D eigenvalue weighted by molar-refractivity contribution is 9.10. The first-order valence-electron chi connectivity index (χ1n) is 11.4. The average molecular weight is 565 g/mol. The SMILES string of the molecule is O=S(=O)(Oc1cccc(Br)c1)C1CC2OC1C(c1ccc(-n3ccnc3)cc1)=C2c1ccc(O)cc1. The lowest BCUT2D eigenvalue weighted by atomic mass is 9.83. The van der Waals surface area contributed by atoms with Gasteiger partial charge in [0.15, 0.2) is 0 Å². The van der Waals surface area contributed by atoms with Gasteiger partial charge in [0.05, 0.1) is 12.4 Å². The molecule has 2 aliphatic heterocycles. The van der Waals surface area contributed by atoms with Crippen molar-refractivity contribution in [2.24, 2.45) is 0 Å². The van der Waals surface area contributed by atoms with E-state index in [0.29, 0.717) is 0 Å². The fraction of sp³-hybridized carbons (Fsp3) is 0.148. The molecule has 7 nitrogen and oxygen atoms in total. The fourth-order valence-corrected chi connectivity index (χ4v) is 6.72. The molecule has 3 heterocycles. The molecule has 182 valence electrons. The van der Waals surface area contributed by atoms with E-state index in [-0.39, 0.29) is 17.9 Å². The van der Waals surface area contributed by atoms with Crippen LogP contribution in [0.25, 0.3) is 16.8 Å². The number of phenolic OH excluding ortho intramolecular Hbond substituents is 1. The zero-order valence-electron chi connectivity index (χ0n) is 18.9. The van der Waals surface area contributed by atoms with Crippen molar-refractivity contribution in [1.29, 1.82) is 0 Å². The molecule has 9 heteroatoms. The monoisotopic (exact) mass is 564 g/mol. The van der Waals surface area contributed by atoms with E-state index < -0.39 is 27.6 Å². The topological polar surface area (TPSA) is 90.7 Å². The smallest absolute Gasteiger partial charge is 0.315 e. The minimum absolute atomic E-state index is 0.164. The van der Waals surface area contributed by atoms with E-state index in [1.54, 1.807) is 48.9 Å². The molecule has 36 heavy (non-hydrogen) atoms. The van der Waals surface area contributed by atoms with Gasteiger partial charge in [0.2, 0.25) is 0 Å². The second-order valence-electron chi connectivity index (χ2n) is 8.74. The van der Waals surface area contributed by atoms with Crippen molar-refractivity contribution in [2.75, 3.05) is 0 Å². The lowest BCUT2D eigenvalue weighted by Gasteiger charge is -2.25. The average Bonchev–Trinajstić information content (AvgIpc) is 3.61. The van der Waals surface area contributed by atoms with E-state index >= 15 is 0 Å². The lowest BCUT2D eigenvalue weighted by molar-refractivity contribution is 0.128. The highest BCUT2D eigenvalue weighted by Crippen LogP contribution is 2.51. The maximum Gasteiger partial charge on any atom is 0.315 e. The Bertz CT molecular complexity index is 1550. The maximum absolute atomic E-state index is 13.4. The predicted octanol–water partition coefficient (Wildman–Crippen LogP) is 5.20. The molecule has 3 atom stereocenters. The molecule has 1 saturated heterocycles. The number of ether oxygens (including phenoxy) is 1. The molecule has 4 aromatic rings. The molecule has 0 radical (unpaired) electrons. The predicted molar refractivity (Wildman–Crippen MR) is 139 cm³/mol. The molecule has 3 aromatic carbocycles. The van der Waals surface area contributed by atoms with Gasteiger partial charge in [-0.05, 0) is 64.7 Å². The number of aromatic hydroxyl groups is 1. The Balaban J connectivity index is 1.40. The summed E-state index contributed by atoms with van der Waals surface area (Å²) in [7, 11) is -3.99. The molecule has 0 spiro atoms. The summed E-state index contributed by atoms with van der Waals surface area (Å²) in [5.41, 5.74) is 4.45. The van der Waals surface area contributed by atoms with Gasteiger partial charge < -0.3 is 18.6 Å². The van der Waals surface area contributed by atoms with Crippen LogP contribution in [-0.2, 0) is 14.9 Å². The highest BCUT2D eigenvalue weighted by atomic mass is 79.9. The molecule has 1 N–H and O–H groups in total. The first-order valence-corrected chi connectivity index (χ1v) is 13.6. The molecular weight excluding hydrogens is 544 g/mol. The van der Waals surface area contributed by atoms with Gasteiger partial charge >= 0.3 is 10.1 Å². The highest BCUT2D eigenvalue weighted by Gasteiger charge is 2.53. The van der Waals surface area contributed by atoms with E-state index in [2.05, 4.69) is 20.9 Å². The summed E-state index contributed by atoms with van der Waals surface area (Å²) in [4.78, 5) is 4.09.